The highest BCUT2D eigenvalue weighted by atomic mass is 32.1. The molecule has 3 amide bonds. The van der Waals surface area contributed by atoms with Crippen LogP contribution in [0.15, 0.2) is 0 Å². The molecule has 27 heavy (non-hydrogen) atoms. The van der Waals surface area contributed by atoms with Gasteiger partial charge in [0.15, 0.2) is 0 Å². The number of aryl methyl sites for hydroxylation is 1. The van der Waals surface area contributed by atoms with Crippen molar-refractivity contribution in [2.75, 3.05) is 44.7 Å². The first kappa shape index (κ1) is 19.5. The van der Waals surface area contributed by atoms with E-state index in [0.717, 1.165) is 29.7 Å². The summed E-state index contributed by atoms with van der Waals surface area (Å²) < 4.78 is 10.2. The number of thiophene rings is 1. The van der Waals surface area contributed by atoms with E-state index >= 15 is 0 Å². The van der Waals surface area contributed by atoms with Crippen molar-refractivity contribution in [2.24, 2.45) is 0 Å². The van der Waals surface area contributed by atoms with Crippen molar-refractivity contribution < 1.29 is 23.9 Å². The Kier molecular flexibility index (Phi) is 6.20. The van der Waals surface area contributed by atoms with Crippen LogP contribution in [-0.2, 0) is 22.3 Å². The van der Waals surface area contributed by atoms with Crippen LogP contribution in [0.3, 0.4) is 0 Å². The van der Waals surface area contributed by atoms with Crippen LogP contribution >= 0.6 is 11.3 Å². The van der Waals surface area contributed by atoms with E-state index in [1.807, 2.05) is 0 Å². The molecule has 1 saturated heterocycles. The lowest BCUT2D eigenvalue weighted by Crippen LogP contribution is -2.51. The smallest absolute Gasteiger partial charge is 0.409 e. The number of hydrogen-bond donors (Lipinski definition) is 1. The summed E-state index contributed by atoms with van der Waals surface area (Å²) in [5.74, 6) is -0.376. The van der Waals surface area contributed by atoms with Crippen molar-refractivity contribution in [1.82, 2.24) is 9.80 Å². The molecule has 1 aliphatic carbocycles. The quantitative estimate of drug-likeness (QED) is 0.792. The minimum absolute atomic E-state index is 0.260. The van der Waals surface area contributed by atoms with E-state index in [-0.39, 0.29) is 18.1 Å². The minimum atomic E-state index is -0.376. The number of piperazine rings is 1. The highest BCUT2D eigenvalue weighted by Gasteiger charge is 2.30. The van der Waals surface area contributed by atoms with Gasteiger partial charge in [-0.3, -0.25) is 5.32 Å². The Balaban J connectivity index is 1.65. The van der Waals surface area contributed by atoms with Gasteiger partial charge in [-0.1, -0.05) is 0 Å². The number of amides is 3. The van der Waals surface area contributed by atoms with Gasteiger partial charge in [-0.25, -0.2) is 14.4 Å². The molecule has 0 aromatic carbocycles. The third-order valence-electron chi connectivity index (χ3n) is 4.71. The van der Waals surface area contributed by atoms with Crippen LogP contribution in [0.25, 0.3) is 0 Å². The molecule has 1 fully saturated rings. The van der Waals surface area contributed by atoms with Gasteiger partial charge in [0.05, 0.1) is 18.8 Å². The number of fused-ring (bicyclic) bond motifs is 1. The molecule has 9 heteroatoms. The second kappa shape index (κ2) is 8.60. The normalized spacial score (nSPS) is 16.1. The molecule has 1 N–H and O–H groups in total. The SMILES string of the molecule is CCOC(=O)c1c(NC(=O)N2CCN(C(=O)OCC)CC2)sc2c1CCC2. The van der Waals surface area contributed by atoms with E-state index in [4.69, 9.17) is 9.47 Å². The van der Waals surface area contributed by atoms with Crippen molar-refractivity contribution in [1.29, 1.82) is 0 Å². The van der Waals surface area contributed by atoms with E-state index < -0.39 is 0 Å². The van der Waals surface area contributed by atoms with Crippen LogP contribution in [-0.4, -0.2) is 67.3 Å². The Morgan fingerprint density at radius 3 is 2.33 bits per heavy atom. The largest absolute Gasteiger partial charge is 0.462 e. The van der Waals surface area contributed by atoms with Gasteiger partial charge in [-0.2, -0.15) is 0 Å². The summed E-state index contributed by atoms with van der Waals surface area (Å²) in [6.45, 7) is 5.86. The summed E-state index contributed by atoms with van der Waals surface area (Å²) in [6, 6.07) is -0.260. The van der Waals surface area contributed by atoms with E-state index in [1.54, 1.807) is 23.6 Å². The molecule has 0 bridgehead atoms. The van der Waals surface area contributed by atoms with Gasteiger partial charge >= 0.3 is 18.1 Å². The number of rotatable bonds is 4. The first-order chi connectivity index (χ1) is 13.0. The van der Waals surface area contributed by atoms with Crippen LogP contribution < -0.4 is 5.32 Å². The molecular weight excluding hydrogens is 370 g/mol. The van der Waals surface area contributed by atoms with Crippen LogP contribution in [0.1, 0.15) is 41.1 Å². The van der Waals surface area contributed by atoms with Gasteiger partial charge in [0, 0.05) is 31.1 Å². The fraction of sp³-hybridized carbons (Fsp3) is 0.611. The Labute approximate surface area is 162 Å². The monoisotopic (exact) mass is 395 g/mol. The Morgan fingerprint density at radius 1 is 1.00 bits per heavy atom. The maximum atomic E-state index is 12.7. The third kappa shape index (κ3) is 4.18. The van der Waals surface area contributed by atoms with E-state index in [9.17, 15) is 14.4 Å². The number of esters is 1. The molecule has 1 aromatic rings. The zero-order chi connectivity index (χ0) is 19.4. The highest BCUT2D eigenvalue weighted by Crippen LogP contribution is 2.39. The van der Waals surface area contributed by atoms with E-state index in [2.05, 4.69) is 5.32 Å². The molecule has 0 radical (unpaired) electrons. The number of nitrogens with zero attached hydrogens (tertiary/aromatic N) is 2. The van der Waals surface area contributed by atoms with Crippen molar-refractivity contribution in [3.05, 3.63) is 16.0 Å². The summed E-state index contributed by atoms with van der Waals surface area (Å²) in [5, 5.41) is 3.45. The predicted octanol–water partition coefficient (Wildman–Crippen LogP) is 2.72. The molecule has 2 heterocycles. The first-order valence-corrected chi connectivity index (χ1v) is 10.2. The molecule has 1 aliphatic heterocycles. The number of nitrogens with one attached hydrogen (secondary N) is 1. The van der Waals surface area contributed by atoms with E-state index in [1.165, 1.54) is 11.3 Å². The fourth-order valence-electron chi connectivity index (χ4n) is 3.39. The number of urea groups is 1. The van der Waals surface area contributed by atoms with Crippen molar-refractivity contribution in [2.45, 2.75) is 33.1 Å². The molecule has 2 aliphatic rings. The number of ether oxygens (including phenoxy) is 2. The first-order valence-electron chi connectivity index (χ1n) is 9.34. The average molecular weight is 395 g/mol. The molecule has 0 unspecified atom stereocenters. The maximum Gasteiger partial charge on any atom is 0.409 e. The molecule has 3 rings (SSSR count). The highest BCUT2D eigenvalue weighted by molar-refractivity contribution is 7.17. The molecule has 0 saturated carbocycles. The lowest BCUT2D eigenvalue weighted by Gasteiger charge is -2.33. The fourth-order valence-corrected chi connectivity index (χ4v) is 4.66. The molecular formula is C18H25N3O5S. The average Bonchev–Trinajstić information content (AvgIpc) is 3.22. The lowest BCUT2D eigenvalue weighted by atomic mass is 10.1. The summed E-state index contributed by atoms with van der Waals surface area (Å²) in [5.41, 5.74) is 1.52. The lowest BCUT2D eigenvalue weighted by molar-refractivity contribution is 0.0526. The Morgan fingerprint density at radius 2 is 1.67 bits per heavy atom. The second-order valence-electron chi connectivity index (χ2n) is 6.39. The summed E-state index contributed by atoms with van der Waals surface area (Å²) in [4.78, 5) is 41.2. The topological polar surface area (TPSA) is 88.2 Å². The van der Waals surface area contributed by atoms with Gasteiger partial charge in [-0.05, 0) is 38.7 Å². The van der Waals surface area contributed by atoms with Gasteiger partial charge in [0.25, 0.3) is 0 Å². The van der Waals surface area contributed by atoms with Crippen LogP contribution in [0.5, 0.6) is 0 Å². The number of carbonyl (C=O) groups is 3. The van der Waals surface area contributed by atoms with Crippen LogP contribution in [0, 0.1) is 0 Å². The summed E-state index contributed by atoms with van der Waals surface area (Å²) in [7, 11) is 0. The van der Waals surface area contributed by atoms with Gasteiger partial charge in [-0.15, -0.1) is 11.3 Å². The number of anilines is 1. The molecule has 148 valence electrons. The third-order valence-corrected chi connectivity index (χ3v) is 5.92. The number of carbonyl (C=O) groups excluding carboxylic acids is 3. The van der Waals surface area contributed by atoms with Gasteiger partial charge in [0.1, 0.15) is 5.00 Å². The standard InChI is InChI=1S/C18H25N3O5S/c1-3-25-16(22)14-12-6-5-7-13(12)27-15(14)19-17(23)20-8-10-21(11-9-20)18(24)26-4-2/h3-11H2,1-2H3,(H,19,23). The Bertz CT molecular complexity index is 725. The van der Waals surface area contributed by atoms with Gasteiger partial charge < -0.3 is 19.3 Å². The van der Waals surface area contributed by atoms with Crippen LogP contribution in [0.4, 0.5) is 14.6 Å². The minimum Gasteiger partial charge on any atom is -0.462 e. The van der Waals surface area contributed by atoms with Crippen molar-refractivity contribution in [3.8, 4) is 0 Å². The van der Waals surface area contributed by atoms with Gasteiger partial charge in [0.2, 0.25) is 0 Å². The predicted molar refractivity (Wildman–Crippen MR) is 101 cm³/mol. The summed E-state index contributed by atoms with van der Waals surface area (Å²) in [6.07, 6.45) is 2.45. The number of hydrogen-bond acceptors (Lipinski definition) is 6. The molecule has 0 atom stereocenters. The van der Waals surface area contributed by atoms with E-state index in [0.29, 0.717) is 50.0 Å². The summed E-state index contributed by atoms with van der Waals surface area (Å²) >= 11 is 1.46. The Hall–Kier alpha value is -2.29. The second-order valence-corrected chi connectivity index (χ2v) is 7.49. The zero-order valence-corrected chi connectivity index (χ0v) is 16.5. The zero-order valence-electron chi connectivity index (χ0n) is 15.7. The van der Waals surface area contributed by atoms with Crippen molar-refractivity contribution >= 4 is 34.4 Å². The van der Waals surface area contributed by atoms with Crippen molar-refractivity contribution in [3.63, 3.8) is 0 Å². The molecule has 1 aromatic heterocycles. The molecule has 0 spiro atoms. The maximum absolute atomic E-state index is 12.7. The molecule has 8 nitrogen and oxygen atoms in total. The van der Waals surface area contributed by atoms with Crippen LogP contribution in [0.2, 0.25) is 0 Å².